The molecule has 0 aliphatic rings. The van der Waals surface area contributed by atoms with Crippen molar-refractivity contribution in [2.75, 3.05) is 19.0 Å². The quantitative estimate of drug-likeness (QED) is 0.189. The van der Waals surface area contributed by atoms with Crippen molar-refractivity contribution in [3.05, 3.63) is 129 Å². The van der Waals surface area contributed by atoms with Gasteiger partial charge in [0, 0.05) is 11.0 Å². The van der Waals surface area contributed by atoms with Gasteiger partial charge in [-0.05, 0) is 70.7 Å². The van der Waals surface area contributed by atoms with E-state index in [1.165, 1.54) is 0 Å². The molecule has 0 fully saturated rings. The predicted molar refractivity (Wildman–Crippen MR) is 167 cm³/mol. The lowest BCUT2D eigenvalue weighted by Gasteiger charge is -2.33. The number of benzene rings is 4. The molecule has 1 aromatic heterocycles. The third kappa shape index (κ3) is 6.02. The van der Waals surface area contributed by atoms with Crippen LogP contribution >= 0.6 is 15.9 Å². The number of methoxy groups -OCH3 is 1. The zero-order chi connectivity index (χ0) is 28.8. The monoisotopic (exact) mass is 610 g/mol. The number of para-hydroxylation sites is 4. The molecule has 41 heavy (non-hydrogen) atoms. The zero-order valence-electron chi connectivity index (χ0n) is 23.0. The lowest BCUT2D eigenvalue weighted by molar-refractivity contribution is 0.182. The molecule has 2 amide bonds. The highest BCUT2D eigenvalue weighted by molar-refractivity contribution is 9.10. The Bertz CT molecular complexity index is 1720. The number of carbonyl (C=O) groups is 1. The molecular formula is C33H31BrN4O3. The van der Waals surface area contributed by atoms with Crippen molar-refractivity contribution in [2.24, 2.45) is 0 Å². The number of hydrogen-bond acceptors (Lipinski definition) is 4. The number of amides is 2. The summed E-state index contributed by atoms with van der Waals surface area (Å²) in [6.45, 7) is 2.41. The largest absolute Gasteiger partial charge is 0.495 e. The molecule has 0 spiro atoms. The summed E-state index contributed by atoms with van der Waals surface area (Å²) in [7, 11) is 1.58. The van der Waals surface area contributed by atoms with E-state index in [0.29, 0.717) is 53.2 Å². The summed E-state index contributed by atoms with van der Waals surface area (Å²) in [4.78, 5) is 34.9. The molecule has 0 aliphatic carbocycles. The van der Waals surface area contributed by atoms with Crippen LogP contribution in [0.2, 0.25) is 0 Å². The maximum Gasteiger partial charge on any atom is 0.322 e. The fourth-order valence-electron chi connectivity index (χ4n) is 5.01. The first kappa shape index (κ1) is 28.1. The first-order valence-electron chi connectivity index (χ1n) is 13.5. The molecule has 5 rings (SSSR count). The predicted octanol–water partition coefficient (Wildman–Crippen LogP) is 7.38. The first-order chi connectivity index (χ1) is 20.0. The Morgan fingerprint density at radius 2 is 1.63 bits per heavy atom. The SMILES string of the molecule is CCC(c1nc2ccccc2c(=O)n1-c1ccccc1OC)N(CCc1ccccc1)C(=O)Nc1ccccc1Br. The number of hydrogen-bond donors (Lipinski definition) is 1. The van der Waals surface area contributed by atoms with Crippen molar-refractivity contribution in [2.45, 2.75) is 25.8 Å². The van der Waals surface area contributed by atoms with E-state index in [-0.39, 0.29) is 11.6 Å². The van der Waals surface area contributed by atoms with Gasteiger partial charge in [-0.15, -0.1) is 0 Å². The summed E-state index contributed by atoms with van der Waals surface area (Å²) >= 11 is 3.54. The molecule has 1 unspecified atom stereocenters. The lowest BCUT2D eigenvalue weighted by atomic mass is 10.1. The van der Waals surface area contributed by atoms with E-state index in [0.717, 1.165) is 10.0 Å². The van der Waals surface area contributed by atoms with Crippen LogP contribution in [0, 0.1) is 0 Å². The number of rotatable bonds is 9. The van der Waals surface area contributed by atoms with Gasteiger partial charge in [0.05, 0.1) is 35.4 Å². The summed E-state index contributed by atoms with van der Waals surface area (Å²) in [6, 6.07) is 31.4. The molecule has 0 saturated heterocycles. The molecule has 4 aromatic carbocycles. The van der Waals surface area contributed by atoms with Crippen LogP contribution in [0.15, 0.2) is 112 Å². The molecule has 1 heterocycles. The number of ether oxygens (including phenoxy) is 1. The van der Waals surface area contributed by atoms with E-state index in [4.69, 9.17) is 9.72 Å². The molecule has 8 heteroatoms. The maximum absolute atomic E-state index is 14.1. The van der Waals surface area contributed by atoms with Gasteiger partial charge in [-0.1, -0.05) is 73.7 Å². The highest BCUT2D eigenvalue weighted by Crippen LogP contribution is 2.31. The van der Waals surface area contributed by atoms with E-state index in [1.807, 2.05) is 104 Å². The second kappa shape index (κ2) is 12.8. The molecule has 0 aliphatic heterocycles. The molecular weight excluding hydrogens is 580 g/mol. The molecule has 0 saturated carbocycles. The summed E-state index contributed by atoms with van der Waals surface area (Å²) in [5, 5.41) is 3.56. The van der Waals surface area contributed by atoms with Crippen LogP contribution in [0.1, 0.15) is 30.8 Å². The first-order valence-corrected chi connectivity index (χ1v) is 14.3. The fraction of sp³-hybridized carbons (Fsp3) is 0.182. The molecule has 0 bridgehead atoms. The Morgan fingerprint density at radius 1 is 0.951 bits per heavy atom. The van der Waals surface area contributed by atoms with E-state index in [1.54, 1.807) is 22.6 Å². The molecule has 1 N–H and O–H groups in total. The number of anilines is 1. The van der Waals surface area contributed by atoms with E-state index >= 15 is 0 Å². The van der Waals surface area contributed by atoms with Crippen molar-refractivity contribution in [3.63, 3.8) is 0 Å². The van der Waals surface area contributed by atoms with Crippen LogP contribution in [-0.2, 0) is 6.42 Å². The van der Waals surface area contributed by atoms with Gasteiger partial charge in [0.2, 0.25) is 0 Å². The van der Waals surface area contributed by atoms with Gasteiger partial charge in [-0.25, -0.2) is 9.78 Å². The minimum absolute atomic E-state index is 0.220. The number of halogens is 1. The van der Waals surface area contributed by atoms with Gasteiger partial charge in [-0.3, -0.25) is 9.36 Å². The molecule has 7 nitrogen and oxygen atoms in total. The normalized spacial score (nSPS) is 11.7. The zero-order valence-corrected chi connectivity index (χ0v) is 24.5. The Morgan fingerprint density at radius 3 is 2.39 bits per heavy atom. The highest BCUT2D eigenvalue weighted by Gasteiger charge is 2.30. The maximum atomic E-state index is 14.1. The van der Waals surface area contributed by atoms with Gasteiger partial charge >= 0.3 is 6.03 Å². The molecule has 208 valence electrons. The van der Waals surface area contributed by atoms with Crippen LogP contribution in [0.5, 0.6) is 5.75 Å². The van der Waals surface area contributed by atoms with Crippen molar-refractivity contribution in [3.8, 4) is 11.4 Å². The van der Waals surface area contributed by atoms with Crippen LogP contribution < -0.4 is 15.6 Å². The average Bonchev–Trinajstić information content (AvgIpc) is 3.01. The molecule has 0 radical (unpaired) electrons. The van der Waals surface area contributed by atoms with E-state index in [2.05, 4.69) is 21.2 Å². The second-order valence-electron chi connectivity index (χ2n) is 9.56. The number of carbonyl (C=O) groups excluding carboxylic acids is 1. The van der Waals surface area contributed by atoms with Crippen molar-refractivity contribution in [1.82, 2.24) is 14.5 Å². The van der Waals surface area contributed by atoms with E-state index < -0.39 is 6.04 Å². The van der Waals surface area contributed by atoms with Gasteiger partial charge in [0.1, 0.15) is 11.6 Å². The Hall–Kier alpha value is -4.43. The number of fused-ring (bicyclic) bond motifs is 1. The number of aromatic nitrogens is 2. The van der Waals surface area contributed by atoms with Gasteiger partial charge < -0.3 is 15.0 Å². The van der Waals surface area contributed by atoms with Gasteiger partial charge in [-0.2, -0.15) is 0 Å². The number of urea groups is 1. The minimum Gasteiger partial charge on any atom is -0.495 e. The van der Waals surface area contributed by atoms with Crippen LogP contribution in [0.4, 0.5) is 10.5 Å². The number of nitrogens with zero attached hydrogens (tertiary/aromatic N) is 3. The summed E-state index contributed by atoms with van der Waals surface area (Å²) in [5.74, 6) is 1.01. The minimum atomic E-state index is -0.525. The van der Waals surface area contributed by atoms with Crippen LogP contribution in [-0.4, -0.2) is 34.1 Å². The topological polar surface area (TPSA) is 76.5 Å². The van der Waals surface area contributed by atoms with Crippen LogP contribution in [0.3, 0.4) is 0 Å². The molecule has 5 aromatic rings. The average molecular weight is 612 g/mol. The van der Waals surface area contributed by atoms with Crippen molar-refractivity contribution in [1.29, 1.82) is 0 Å². The fourth-order valence-corrected chi connectivity index (χ4v) is 5.39. The number of nitrogens with one attached hydrogen (secondary N) is 1. The smallest absolute Gasteiger partial charge is 0.322 e. The standard InChI is InChI=1S/C33H31BrN4O3/c1-3-28(37(22-21-23-13-5-4-6-14-23)33(40)36-27-18-10-8-16-25(27)34)31-35-26-17-9-7-15-24(26)32(39)38(31)29-19-11-12-20-30(29)41-2/h4-20,28H,3,21-22H2,1-2H3,(H,36,40). The van der Waals surface area contributed by atoms with E-state index in [9.17, 15) is 9.59 Å². The summed E-state index contributed by atoms with van der Waals surface area (Å²) in [6.07, 6.45) is 1.16. The van der Waals surface area contributed by atoms with Crippen LogP contribution in [0.25, 0.3) is 16.6 Å². The highest BCUT2D eigenvalue weighted by atomic mass is 79.9. The Labute approximate surface area is 247 Å². The second-order valence-corrected chi connectivity index (χ2v) is 10.4. The van der Waals surface area contributed by atoms with Gasteiger partial charge in [0.25, 0.3) is 5.56 Å². The molecule has 1 atom stereocenters. The summed E-state index contributed by atoms with van der Waals surface area (Å²) in [5.41, 5.74) is 2.69. The van der Waals surface area contributed by atoms with Crippen molar-refractivity contribution < 1.29 is 9.53 Å². The Balaban J connectivity index is 1.67. The summed E-state index contributed by atoms with van der Waals surface area (Å²) < 4.78 is 8.03. The lowest BCUT2D eigenvalue weighted by Crippen LogP contribution is -2.42. The third-order valence-electron chi connectivity index (χ3n) is 7.05. The Kier molecular flexibility index (Phi) is 8.79. The van der Waals surface area contributed by atoms with Crippen molar-refractivity contribution >= 4 is 38.6 Å². The third-order valence-corrected chi connectivity index (χ3v) is 7.74. The van der Waals surface area contributed by atoms with Gasteiger partial charge in [0.15, 0.2) is 0 Å².